The number of aromatic nitrogens is 3. The molecule has 2 heterocycles. The van der Waals surface area contributed by atoms with Gasteiger partial charge in [-0.1, -0.05) is 47.2 Å². The summed E-state index contributed by atoms with van der Waals surface area (Å²) in [7, 11) is 0. The van der Waals surface area contributed by atoms with E-state index in [-0.39, 0.29) is 11.7 Å². The maximum Gasteiger partial charge on any atom is 0.263 e. The van der Waals surface area contributed by atoms with Crippen molar-refractivity contribution in [1.29, 1.82) is 0 Å². The van der Waals surface area contributed by atoms with Crippen LogP contribution in [0, 0.1) is 5.82 Å². The molecule has 170 valence electrons. The molecule has 6 nitrogen and oxygen atoms in total. The summed E-state index contributed by atoms with van der Waals surface area (Å²) >= 11 is 7.36. The van der Waals surface area contributed by atoms with E-state index in [0.29, 0.717) is 29.5 Å². The van der Waals surface area contributed by atoms with Gasteiger partial charge in [0.1, 0.15) is 10.7 Å². The Labute approximate surface area is 200 Å². The zero-order valence-corrected chi connectivity index (χ0v) is 19.4. The quantitative estimate of drug-likeness (QED) is 0.316. The summed E-state index contributed by atoms with van der Waals surface area (Å²) < 4.78 is 15.3. The highest BCUT2D eigenvalue weighted by molar-refractivity contribution is 7.17. The van der Waals surface area contributed by atoms with E-state index in [1.165, 1.54) is 23.5 Å². The van der Waals surface area contributed by atoms with Crippen LogP contribution in [0.3, 0.4) is 0 Å². The summed E-state index contributed by atoms with van der Waals surface area (Å²) in [5.74, 6) is -0.415. The third-order valence-electron chi connectivity index (χ3n) is 5.00. The van der Waals surface area contributed by atoms with Gasteiger partial charge in [0.2, 0.25) is 0 Å². The summed E-state index contributed by atoms with van der Waals surface area (Å²) in [5, 5.41) is 4.34. The molecule has 2 aromatic carbocycles. The molecule has 4 rings (SSSR count). The standard InChI is InChI=1S/C24H23ClFN5OS/c25-20-6-2-18(3-7-20)15-31(16-19-4-8-21(26)9-5-19)24-29-14-22(33-24)23(32)28-10-1-12-30-13-11-27-17-30/h2-9,11,13-14,17H,1,10,12,15-16H2,(H,28,32). The van der Waals surface area contributed by atoms with E-state index in [4.69, 9.17) is 11.6 Å². The van der Waals surface area contributed by atoms with E-state index in [9.17, 15) is 9.18 Å². The zero-order chi connectivity index (χ0) is 23.0. The van der Waals surface area contributed by atoms with Gasteiger partial charge >= 0.3 is 0 Å². The summed E-state index contributed by atoms with van der Waals surface area (Å²) in [4.78, 5) is 23.7. The lowest BCUT2D eigenvalue weighted by Crippen LogP contribution is -2.24. The Balaban J connectivity index is 1.42. The third-order valence-corrected chi connectivity index (χ3v) is 6.31. The van der Waals surface area contributed by atoms with Crippen LogP contribution in [0.1, 0.15) is 27.2 Å². The number of carbonyl (C=O) groups is 1. The van der Waals surface area contributed by atoms with Crippen molar-refractivity contribution < 1.29 is 9.18 Å². The number of anilines is 1. The number of imidazole rings is 1. The molecule has 0 aliphatic heterocycles. The van der Waals surface area contributed by atoms with Crippen LogP contribution >= 0.6 is 22.9 Å². The maximum absolute atomic E-state index is 13.3. The van der Waals surface area contributed by atoms with Crippen molar-refractivity contribution >= 4 is 34.0 Å². The van der Waals surface area contributed by atoms with E-state index in [1.807, 2.05) is 35.0 Å². The highest BCUT2D eigenvalue weighted by Gasteiger charge is 2.16. The highest BCUT2D eigenvalue weighted by Crippen LogP contribution is 2.26. The minimum atomic E-state index is -0.274. The fourth-order valence-electron chi connectivity index (χ4n) is 3.30. The highest BCUT2D eigenvalue weighted by atomic mass is 35.5. The number of hydrogen-bond donors (Lipinski definition) is 1. The van der Waals surface area contributed by atoms with Crippen LogP contribution < -0.4 is 10.2 Å². The van der Waals surface area contributed by atoms with Crippen LogP contribution in [-0.4, -0.2) is 27.0 Å². The molecule has 0 saturated carbocycles. The number of nitrogens with one attached hydrogen (secondary N) is 1. The fraction of sp³-hybridized carbons (Fsp3) is 0.208. The Bertz CT molecular complexity index is 1120. The molecule has 0 spiro atoms. The Kier molecular flexibility index (Phi) is 7.70. The first-order valence-electron chi connectivity index (χ1n) is 10.5. The third kappa shape index (κ3) is 6.63. The monoisotopic (exact) mass is 483 g/mol. The molecule has 0 radical (unpaired) electrons. The van der Waals surface area contributed by atoms with Gasteiger partial charge in [-0.15, -0.1) is 0 Å². The van der Waals surface area contributed by atoms with Crippen molar-refractivity contribution in [1.82, 2.24) is 19.9 Å². The molecular weight excluding hydrogens is 461 g/mol. The topological polar surface area (TPSA) is 63.1 Å². The van der Waals surface area contributed by atoms with Gasteiger partial charge in [0.15, 0.2) is 5.13 Å². The molecule has 9 heteroatoms. The first-order chi connectivity index (χ1) is 16.1. The minimum absolute atomic E-state index is 0.141. The van der Waals surface area contributed by atoms with Crippen LogP contribution in [-0.2, 0) is 19.6 Å². The van der Waals surface area contributed by atoms with Gasteiger partial charge in [-0.05, 0) is 41.8 Å². The van der Waals surface area contributed by atoms with Crippen molar-refractivity contribution in [3.63, 3.8) is 0 Å². The van der Waals surface area contributed by atoms with Crippen LogP contribution in [0.15, 0.2) is 73.4 Å². The van der Waals surface area contributed by atoms with Crippen LogP contribution in [0.2, 0.25) is 5.02 Å². The van der Waals surface area contributed by atoms with Gasteiger partial charge in [0, 0.05) is 43.6 Å². The number of thiazole rings is 1. The van der Waals surface area contributed by atoms with Crippen molar-refractivity contribution in [2.24, 2.45) is 0 Å². The van der Waals surface area contributed by atoms with Gasteiger partial charge in [-0.2, -0.15) is 0 Å². The number of halogens is 2. The van der Waals surface area contributed by atoms with E-state index in [2.05, 4.69) is 20.2 Å². The van der Waals surface area contributed by atoms with E-state index < -0.39 is 0 Å². The number of hydrogen-bond acceptors (Lipinski definition) is 5. The summed E-state index contributed by atoms with van der Waals surface area (Å²) in [6, 6.07) is 14.0. The van der Waals surface area contributed by atoms with Gasteiger partial charge in [-0.3, -0.25) is 4.79 Å². The van der Waals surface area contributed by atoms with Crippen molar-refractivity contribution in [2.45, 2.75) is 26.1 Å². The molecule has 33 heavy (non-hydrogen) atoms. The molecule has 0 aliphatic carbocycles. The number of rotatable bonds is 10. The second kappa shape index (κ2) is 11.1. The fourth-order valence-corrected chi connectivity index (χ4v) is 4.25. The molecule has 0 atom stereocenters. The Morgan fingerprint density at radius 2 is 1.79 bits per heavy atom. The maximum atomic E-state index is 13.3. The molecule has 0 fully saturated rings. The molecule has 0 saturated heterocycles. The average Bonchev–Trinajstić information content (AvgIpc) is 3.52. The summed E-state index contributed by atoms with van der Waals surface area (Å²) in [5.41, 5.74) is 2.01. The van der Waals surface area contributed by atoms with Crippen molar-refractivity contribution in [3.8, 4) is 0 Å². The molecule has 0 unspecified atom stereocenters. The van der Waals surface area contributed by atoms with Crippen LogP contribution in [0.25, 0.3) is 0 Å². The number of nitrogens with zero attached hydrogens (tertiary/aromatic N) is 4. The number of carbonyl (C=O) groups excluding carboxylic acids is 1. The van der Waals surface area contributed by atoms with Crippen LogP contribution in [0.4, 0.5) is 9.52 Å². The molecule has 0 bridgehead atoms. The number of aryl methyl sites for hydroxylation is 1. The minimum Gasteiger partial charge on any atom is -0.351 e. The van der Waals surface area contributed by atoms with Crippen molar-refractivity contribution in [3.05, 3.63) is 100 Å². The largest absolute Gasteiger partial charge is 0.351 e. The summed E-state index contributed by atoms with van der Waals surface area (Å²) in [6.07, 6.45) is 7.80. The lowest BCUT2D eigenvalue weighted by molar-refractivity contribution is 0.0956. The van der Waals surface area contributed by atoms with E-state index in [0.717, 1.165) is 29.2 Å². The molecule has 4 aromatic rings. The normalized spacial score (nSPS) is 10.8. The molecular formula is C24H23ClFN5OS. The van der Waals surface area contributed by atoms with Gasteiger partial charge in [-0.25, -0.2) is 14.4 Å². The van der Waals surface area contributed by atoms with Gasteiger partial charge in [0.25, 0.3) is 5.91 Å². The van der Waals surface area contributed by atoms with Crippen LogP contribution in [0.5, 0.6) is 0 Å². The SMILES string of the molecule is O=C(NCCCn1ccnc1)c1cnc(N(Cc2ccc(F)cc2)Cc2ccc(Cl)cc2)s1. The Morgan fingerprint density at radius 1 is 1.09 bits per heavy atom. The lowest BCUT2D eigenvalue weighted by Gasteiger charge is -2.22. The summed E-state index contributed by atoms with van der Waals surface area (Å²) in [6.45, 7) is 2.46. The predicted octanol–water partition coefficient (Wildman–Crippen LogP) is 5.16. The predicted molar refractivity (Wildman–Crippen MR) is 129 cm³/mol. The van der Waals surface area contributed by atoms with Gasteiger partial charge in [0.05, 0.1) is 12.5 Å². The molecule has 0 aliphatic rings. The first-order valence-corrected chi connectivity index (χ1v) is 11.7. The van der Waals surface area contributed by atoms with E-state index >= 15 is 0 Å². The van der Waals surface area contributed by atoms with E-state index in [1.54, 1.807) is 30.9 Å². The van der Waals surface area contributed by atoms with Gasteiger partial charge < -0.3 is 14.8 Å². The van der Waals surface area contributed by atoms with Crippen molar-refractivity contribution in [2.75, 3.05) is 11.4 Å². The number of amides is 1. The first kappa shape index (κ1) is 22.9. The smallest absolute Gasteiger partial charge is 0.263 e. The Hall–Kier alpha value is -3.23. The number of benzene rings is 2. The Morgan fingerprint density at radius 3 is 2.45 bits per heavy atom. The second-order valence-corrected chi connectivity index (χ2v) is 8.97. The molecule has 1 amide bonds. The second-order valence-electron chi connectivity index (χ2n) is 7.53. The zero-order valence-electron chi connectivity index (χ0n) is 17.8. The average molecular weight is 484 g/mol. The molecule has 2 aromatic heterocycles. The lowest BCUT2D eigenvalue weighted by atomic mass is 10.2. The molecule has 1 N–H and O–H groups in total.